The molecule has 188 valence electrons. The molecule has 4 heteroatoms. The summed E-state index contributed by atoms with van der Waals surface area (Å²) in [7, 11) is 0. The molecule has 0 aliphatic heterocycles. The molecular weight excluding hydrogens is 448 g/mol. The van der Waals surface area contributed by atoms with E-state index in [1.165, 1.54) is 11.1 Å². The fourth-order valence-electron chi connectivity index (χ4n) is 4.56. The van der Waals surface area contributed by atoms with Gasteiger partial charge in [-0.25, -0.2) is 0 Å². The van der Waals surface area contributed by atoms with Crippen LogP contribution in [0.15, 0.2) is 97.1 Å². The zero-order chi connectivity index (χ0) is 26.3. The van der Waals surface area contributed by atoms with Gasteiger partial charge in [0.25, 0.3) is 0 Å². The largest absolute Gasteiger partial charge is 0.508 e. The lowest BCUT2D eigenvalue weighted by Gasteiger charge is -2.29. The third-order valence-electron chi connectivity index (χ3n) is 6.89. The van der Waals surface area contributed by atoms with Gasteiger partial charge in [-0.2, -0.15) is 0 Å². The van der Waals surface area contributed by atoms with Gasteiger partial charge in [0.2, 0.25) is 0 Å². The smallest absolute Gasteiger partial charge is 0.115 e. The maximum Gasteiger partial charge on any atom is 0.115 e. The highest BCUT2D eigenvalue weighted by molar-refractivity contribution is 5.42. The maximum atomic E-state index is 9.37. The molecule has 0 radical (unpaired) electrons. The van der Waals surface area contributed by atoms with E-state index in [2.05, 4.69) is 27.7 Å². The Morgan fingerprint density at radius 3 is 1.06 bits per heavy atom. The van der Waals surface area contributed by atoms with Crippen molar-refractivity contribution in [3.05, 3.63) is 119 Å². The van der Waals surface area contributed by atoms with Crippen LogP contribution in [-0.4, -0.2) is 20.4 Å². The van der Waals surface area contributed by atoms with E-state index < -0.39 is 0 Å². The molecule has 4 aromatic carbocycles. The van der Waals surface area contributed by atoms with Crippen molar-refractivity contribution in [2.24, 2.45) is 5.92 Å². The lowest BCUT2D eigenvalue weighted by molar-refractivity contribution is 0.471. The first-order valence-corrected chi connectivity index (χ1v) is 12.3. The summed E-state index contributed by atoms with van der Waals surface area (Å²) in [6.07, 6.45) is 0.947. The first-order valence-electron chi connectivity index (χ1n) is 12.3. The van der Waals surface area contributed by atoms with Crippen molar-refractivity contribution in [3.8, 4) is 23.0 Å². The Labute approximate surface area is 214 Å². The lowest BCUT2D eigenvalue weighted by atomic mass is 9.74. The molecule has 4 nitrogen and oxygen atoms in total. The van der Waals surface area contributed by atoms with Crippen molar-refractivity contribution >= 4 is 0 Å². The molecule has 0 spiro atoms. The van der Waals surface area contributed by atoms with E-state index in [9.17, 15) is 20.4 Å². The quantitative estimate of drug-likeness (QED) is 0.226. The summed E-state index contributed by atoms with van der Waals surface area (Å²) in [6.45, 7) is 8.65. The van der Waals surface area contributed by atoms with Crippen molar-refractivity contribution < 1.29 is 20.4 Å². The van der Waals surface area contributed by atoms with Crippen molar-refractivity contribution in [2.45, 2.75) is 45.4 Å². The van der Waals surface area contributed by atoms with E-state index in [1.807, 2.05) is 48.5 Å². The van der Waals surface area contributed by atoms with E-state index in [0.717, 1.165) is 17.5 Å². The molecule has 0 atom stereocenters. The highest BCUT2D eigenvalue weighted by Crippen LogP contribution is 2.36. The number of aromatic hydroxyl groups is 4. The van der Waals surface area contributed by atoms with Crippen LogP contribution in [-0.2, 0) is 5.41 Å². The summed E-state index contributed by atoms with van der Waals surface area (Å²) in [4.78, 5) is 0. The molecule has 4 aromatic rings. The van der Waals surface area contributed by atoms with Gasteiger partial charge in [0.1, 0.15) is 23.0 Å². The maximum absolute atomic E-state index is 9.37. The molecule has 36 heavy (non-hydrogen) atoms. The van der Waals surface area contributed by atoms with Gasteiger partial charge in [0, 0.05) is 11.3 Å². The third kappa shape index (κ3) is 6.39. The normalized spacial score (nSPS) is 11.3. The van der Waals surface area contributed by atoms with Crippen LogP contribution in [0.1, 0.15) is 62.3 Å². The summed E-state index contributed by atoms with van der Waals surface area (Å²) in [5.74, 6) is 1.84. The zero-order valence-corrected chi connectivity index (χ0v) is 21.4. The van der Waals surface area contributed by atoms with Crippen molar-refractivity contribution in [1.29, 1.82) is 0 Å². The highest BCUT2D eigenvalue weighted by Gasteiger charge is 2.26. The Hall–Kier alpha value is -3.92. The van der Waals surface area contributed by atoms with E-state index in [-0.39, 0.29) is 34.3 Å². The van der Waals surface area contributed by atoms with E-state index in [1.54, 1.807) is 48.5 Å². The molecular formula is C32H36O4. The topological polar surface area (TPSA) is 80.9 Å². The molecule has 0 aromatic heterocycles. The highest BCUT2D eigenvalue weighted by atomic mass is 16.3. The summed E-state index contributed by atoms with van der Waals surface area (Å²) in [5.41, 5.74) is 4.56. The van der Waals surface area contributed by atoms with E-state index in [4.69, 9.17) is 0 Å². The second-order valence-corrected chi connectivity index (χ2v) is 9.68. The standard InChI is InChI=1S/2C16H18O2/c1-11(2)16(12-3-7-14(17)8-4-12)13-5-9-15(18)10-6-13;1-3-16(2,12-4-8-14(17)9-5-12)13-6-10-15(18)11-7-13/h3-11,16-18H,1-2H3;4-11,17-18H,3H2,1-2H3. The minimum atomic E-state index is -0.110. The van der Waals surface area contributed by atoms with Gasteiger partial charge in [-0.1, -0.05) is 76.2 Å². The first kappa shape index (κ1) is 26.7. The molecule has 0 heterocycles. The first-order chi connectivity index (χ1) is 17.1. The third-order valence-corrected chi connectivity index (χ3v) is 6.89. The zero-order valence-electron chi connectivity index (χ0n) is 21.4. The van der Waals surface area contributed by atoms with Gasteiger partial charge in [-0.15, -0.1) is 0 Å². The lowest BCUT2D eigenvalue weighted by Crippen LogP contribution is -2.22. The van der Waals surface area contributed by atoms with Crippen LogP contribution in [0, 0.1) is 5.92 Å². The molecule has 0 saturated carbocycles. The minimum absolute atomic E-state index is 0.110. The number of benzene rings is 4. The summed E-state index contributed by atoms with van der Waals surface area (Å²) < 4.78 is 0. The average molecular weight is 485 g/mol. The number of phenols is 4. The minimum Gasteiger partial charge on any atom is -0.508 e. The van der Waals surface area contributed by atoms with Crippen LogP contribution in [0.4, 0.5) is 0 Å². The fraction of sp³-hybridized carbons (Fsp3) is 0.250. The molecule has 4 rings (SSSR count). The van der Waals surface area contributed by atoms with Crippen LogP contribution in [0.2, 0.25) is 0 Å². The SMILES string of the molecule is CC(C)C(c1ccc(O)cc1)c1ccc(O)cc1.CCC(C)(c1ccc(O)cc1)c1ccc(O)cc1. The van der Waals surface area contributed by atoms with E-state index >= 15 is 0 Å². The van der Waals surface area contributed by atoms with Crippen LogP contribution in [0.3, 0.4) is 0 Å². The number of hydrogen-bond acceptors (Lipinski definition) is 4. The Kier molecular flexibility index (Phi) is 8.65. The second-order valence-electron chi connectivity index (χ2n) is 9.68. The van der Waals surface area contributed by atoms with Gasteiger partial charge in [-0.3, -0.25) is 0 Å². The molecule has 0 unspecified atom stereocenters. The molecule has 0 amide bonds. The van der Waals surface area contributed by atoms with Crippen LogP contribution in [0.25, 0.3) is 0 Å². The molecule has 0 aliphatic carbocycles. The predicted molar refractivity (Wildman–Crippen MR) is 146 cm³/mol. The van der Waals surface area contributed by atoms with Gasteiger partial charge < -0.3 is 20.4 Å². The van der Waals surface area contributed by atoms with E-state index in [0.29, 0.717) is 5.92 Å². The number of phenolic OH excluding ortho intramolecular Hbond substituents is 4. The van der Waals surface area contributed by atoms with Gasteiger partial charge in [-0.05, 0) is 83.1 Å². The van der Waals surface area contributed by atoms with Crippen LogP contribution >= 0.6 is 0 Å². The second kappa shape index (κ2) is 11.7. The Balaban J connectivity index is 0.000000201. The molecule has 4 N–H and O–H groups in total. The summed E-state index contributed by atoms with van der Waals surface area (Å²) in [6, 6.07) is 29.3. The number of hydrogen-bond donors (Lipinski definition) is 4. The van der Waals surface area contributed by atoms with Crippen LogP contribution < -0.4 is 0 Å². The van der Waals surface area contributed by atoms with Crippen LogP contribution in [0.5, 0.6) is 23.0 Å². The van der Waals surface area contributed by atoms with Crippen molar-refractivity contribution in [3.63, 3.8) is 0 Å². The monoisotopic (exact) mass is 484 g/mol. The molecule has 0 aliphatic rings. The predicted octanol–water partition coefficient (Wildman–Crippen LogP) is 7.70. The number of rotatable bonds is 6. The average Bonchev–Trinajstić information content (AvgIpc) is 2.87. The van der Waals surface area contributed by atoms with Gasteiger partial charge in [0.05, 0.1) is 0 Å². The van der Waals surface area contributed by atoms with Crippen molar-refractivity contribution in [2.75, 3.05) is 0 Å². The Morgan fingerprint density at radius 1 is 0.528 bits per heavy atom. The molecule has 0 fully saturated rings. The Bertz CT molecular complexity index is 1120. The fourth-order valence-corrected chi connectivity index (χ4v) is 4.56. The van der Waals surface area contributed by atoms with Gasteiger partial charge >= 0.3 is 0 Å². The van der Waals surface area contributed by atoms with Gasteiger partial charge in [0.15, 0.2) is 0 Å². The van der Waals surface area contributed by atoms with Crippen molar-refractivity contribution in [1.82, 2.24) is 0 Å². The summed E-state index contributed by atoms with van der Waals surface area (Å²) >= 11 is 0. The molecule has 0 saturated heterocycles. The summed E-state index contributed by atoms with van der Waals surface area (Å²) in [5, 5.41) is 37.4. The Morgan fingerprint density at radius 2 is 0.806 bits per heavy atom. The molecule has 0 bridgehead atoms.